The lowest BCUT2D eigenvalue weighted by molar-refractivity contribution is -0.124. The standard InChI is InChI=1S/C13H21N3O2/c14-10-13(5-1-2-6-13)15-12(18)9-16-7-3-11(17)4-8-16/h11,17H,1-9H2,(H,15,18). The number of nitrogens with one attached hydrogen (secondary N) is 1. The largest absolute Gasteiger partial charge is 0.393 e. The van der Waals surface area contributed by atoms with Crippen LogP contribution in [-0.2, 0) is 4.79 Å². The van der Waals surface area contributed by atoms with Crippen molar-refractivity contribution in [3.8, 4) is 6.07 Å². The molecule has 0 aromatic rings. The highest BCUT2D eigenvalue weighted by Crippen LogP contribution is 2.28. The lowest BCUT2D eigenvalue weighted by Gasteiger charge is -2.30. The normalized spacial score (nSPS) is 24.7. The van der Waals surface area contributed by atoms with Crippen molar-refractivity contribution in [1.82, 2.24) is 10.2 Å². The van der Waals surface area contributed by atoms with E-state index in [1.54, 1.807) is 0 Å². The van der Waals surface area contributed by atoms with Crippen LogP contribution < -0.4 is 5.32 Å². The first kappa shape index (κ1) is 13.3. The Labute approximate surface area is 108 Å². The van der Waals surface area contributed by atoms with Crippen LogP contribution in [0.25, 0.3) is 0 Å². The second-order valence-corrected chi connectivity index (χ2v) is 5.46. The molecular formula is C13H21N3O2. The zero-order valence-electron chi connectivity index (χ0n) is 10.7. The summed E-state index contributed by atoms with van der Waals surface area (Å²) in [6.07, 6.45) is 4.83. The van der Waals surface area contributed by atoms with Crippen molar-refractivity contribution in [1.29, 1.82) is 5.26 Å². The van der Waals surface area contributed by atoms with Crippen molar-refractivity contribution in [2.75, 3.05) is 19.6 Å². The molecule has 1 amide bonds. The van der Waals surface area contributed by atoms with Crippen LogP contribution in [0.15, 0.2) is 0 Å². The van der Waals surface area contributed by atoms with E-state index >= 15 is 0 Å². The number of aliphatic hydroxyl groups excluding tert-OH is 1. The van der Waals surface area contributed by atoms with E-state index in [9.17, 15) is 15.2 Å². The van der Waals surface area contributed by atoms with Gasteiger partial charge in [-0.05, 0) is 38.5 Å². The van der Waals surface area contributed by atoms with Gasteiger partial charge in [-0.25, -0.2) is 0 Å². The van der Waals surface area contributed by atoms with Crippen LogP contribution in [0.2, 0.25) is 0 Å². The molecule has 0 aromatic carbocycles. The number of piperidine rings is 1. The van der Waals surface area contributed by atoms with Gasteiger partial charge in [-0.2, -0.15) is 5.26 Å². The van der Waals surface area contributed by atoms with Gasteiger partial charge in [0.05, 0.1) is 18.7 Å². The molecule has 2 aliphatic rings. The monoisotopic (exact) mass is 251 g/mol. The van der Waals surface area contributed by atoms with E-state index in [0.717, 1.165) is 51.6 Å². The average molecular weight is 251 g/mol. The van der Waals surface area contributed by atoms with Gasteiger partial charge in [-0.15, -0.1) is 0 Å². The van der Waals surface area contributed by atoms with Crippen molar-refractivity contribution in [2.24, 2.45) is 0 Å². The number of aliphatic hydroxyl groups is 1. The second-order valence-electron chi connectivity index (χ2n) is 5.46. The molecule has 2 N–H and O–H groups in total. The first-order chi connectivity index (χ1) is 8.63. The number of hydrogen-bond acceptors (Lipinski definition) is 4. The molecule has 100 valence electrons. The fourth-order valence-electron chi connectivity index (χ4n) is 2.83. The van der Waals surface area contributed by atoms with Crippen LogP contribution in [0.3, 0.4) is 0 Å². The molecule has 0 unspecified atom stereocenters. The first-order valence-corrected chi connectivity index (χ1v) is 6.76. The predicted molar refractivity (Wildman–Crippen MR) is 66.6 cm³/mol. The lowest BCUT2D eigenvalue weighted by atomic mass is 10.00. The third-order valence-corrected chi connectivity index (χ3v) is 3.97. The van der Waals surface area contributed by atoms with Crippen LogP contribution in [0.1, 0.15) is 38.5 Å². The van der Waals surface area contributed by atoms with Crippen molar-refractivity contribution in [3.05, 3.63) is 0 Å². The molecule has 1 saturated carbocycles. The molecule has 0 radical (unpaired) electrons. The molecule has 0 spiro atoms. The third-order valence-electron chi connectivity index (χ3n) is 3.97. The summed E-state index contributed by atoms with van der Waals surface area (Å²) in [5.41, 5.74) is -0.619. The van der Waals surface area contributed by atoms with E-state index < -0.39 is 5.54 Å². The number of rotatable bonds is 3. The van der Waals surface area contributed by atoms with Crippen LogP contribution in [0, 0.1) is 11.3 Å². The summed E-state index contributed by atoms with van der Waals surface area (Å²) in [7, 11) is 0. The Kier molecular flexibility index (Phi) is 4.20. The van der Waals surface area contributed by atoms with Gasteiger partial charge in [0.15, 0.2) is 0 Å². The summed E-state index contributed by atoms with van der Waals surface area (Å²) >= 11 is 0. The summed E-state index contributed by atoms with van der Waals surface area (Å²) in [5, 5.41) is 21.5. The SMILES string of the molecule is N#CC1(NC(=O)CN2CCC(O)CC2)CCCC1. The molecule has 18 heavy (non-hydrogen) atoms. The molecule has 1 aliphatic carbocycles. The number of carbonyl (C=O) groups is 1. The highest BCUT2D eigenvalue weighted by atomic mass is 16.3. The molecular weight excluding hydrogens is 230 g/mol. The van der Waals surface area contributed by atoms with Gasteiger partial charge in [-0.3, -0.25) is 9.69 Å². The molecule has 0 atom stereocenters. The highest BCUT2D eigenvalue weighted by Gasteiger charge is 2.35. The number of hydrogen-bond donors (Lipinski definition) is 2. The third kappa shape index (κ3) is 3.21. The number of nitrogens with zero attached hydrogens (tertiary/aromatic N) is 2. The molecule has 5 heteroatoms. The van der Waals surface area contributed by atoms with E-state index in [4.69, 9.17) is 0 Å². The van der Waals surface area contributed by atoms with E-state index in [1.165, 1.54) is 0 Å². The van der Waals surface area contributed by atoms with Gasteiger partial charge in [0, 0.05) is 13.1 Å². The zero-order chi connectivity index (χ0) is 13.0. The van der Waals surface area contributed by atoms with Crippen LogP contribution >= 0.6 is 0 Å². The van der Waals surface area contributed by atoms with E-state index in [2.05, 4.69) is 11.4 Å². The van der Waals surface area contributed by atoms with Crippen LogP contribution in [0.5, 0.6) is 0 Å². The molecule has 2 rings (SSSR count). The number of carbonyl (C=O) groups excluding carboxylic acids is 1. The second kappa shape index (κ2) is 5.68. The van der Waals surface area contributed by atoms with Crippen molar-refractivity contribution in [3.63, 3.8) is 0 Å². The predicted octanol–water partition coefficient (Wildman–Crippen LogP) is 0.396. The van der Waals surface area contributed by atoms with Crippen molar-refractivity contribution >= 4 is 5.91 Å². The summed E-state index contributed by atoms with van der Waals surface area (Å²) in [4.78, 5) is 14.0. The van der Waals surface area contributed by atoms with Gasteiger partial charge in [-0.1, -0.05) is 0 Å². The maximum atomic E-state index is 11.9. The molecule has 1 saturated heterocycles. The van der Waals surface area contributed by atoms with Crippen LogP contribution in [-0.4, -0.2) is 47.2 Å². The maximum absolute atomic E-state index is 11.9. The highest BCUT2D eigenvalue weighted by molar-refractivity contribution is 5.79. The minimum absolute atomic E-state index is 0.0603. The number of amides is 1. The lowest BCUT2D eigenvalue weighted by Crippen LogP contribution is -2.50. The first-order valence-electron chi connectivity index (χ1n) is 6.76. The molecule has 1 aliphatic heterocycles. The Hall–Kier alpha value is -1.12. The maximum Gasteiger partial charge on any atom is 0.235 e. The quantitative estimate of drug-likeness (QED) is 0.761. The van der Waals surface area contributed by atoms with E-state index in [1.807, 2.05) is 4.90 Å². The van der Waals surface area contributed by atoms with Gasteiger partial charge in [0.2, 0.25) is 5.91 Å². The van der Waals surface area contributed by atoms with Gasteiger partial charge < -0.3 is 10.4 Å². The smallest absolute Gasteiger partial charge is 0.235 e. The van der Waals surface area contributed by atoms with Crippen molar-refractivity contribution < 1.29 is 9.90 Å². The topological polar surface area (TPSA) is 76.4 Å². The van der Waals surface area contributed by atoms with Gasteiger partial charge in [0.1, 0.15) is 5.54 Å². The van der Waals surface area contributed by atoms with E-state index in [-0.39, 0.29) is 12.0 Å². The Morgan fingerprint density at radius 2 is 2.00 bits per heavy atom. The minimum atomic E-state index is -0.619. The average Bonchev–Trinajstić information content (AvgIpc) is 2.81. The molecule has 0 bridgehead atoms. The Morgan fingerprint density at radius 3 is 2.56 bits per heavy atom. The Balaban J connectivity index is 1.80. The molecule has 5 nitrogen and oxygen atoms in total. The van der Waals surface area contributed by atoms with Crippen LogP contribution in [0.4, 0.5) is 0 Å². The van der Waals surface area contributed by atoms with Crippen molar-refractivity contribution in [2.45, 2.75) is 50.2 Å². The Morgan fingerprint density at radius 1 is 1.39 bits per heavy atom. The summed E-state index contributed by atoms with van der Waals surface area (Å²) in [6.45, 7) is 1.86. The number of nitriles is 1. The molecule has 1 heterocycles. The Bertz CT molecular complexity index is 337. The summed E-state index contributed by atoms with van der Waals surface area (Å²) in [6, 6.07) is 2.26. The van der Waals surface area contributed by atoms with E-state index in [0.29, 0.717) is 6.54 Å². The zero-order valence-corrected chi connectivity index (χ0v) is 10.7. The summed E-state index contributed by atoms with van der Waals surface area (Å²) < 4.78 is 0. The summed E-state index contributed by atoms with van der Waals surface area (Å²) in [5.74, 6) is -0.0603. The fraction of sp³-hybridized carbons (Fsp3) is 0.846. The van der Waals surface area contributed by atoms with Gasteiger partial charge >= 0.3 is 0 Å². The minimum Gasteiger partial charge on any atom is -0.393 e. The van der Waals surface area contributed by atoms with Gasteiger partial charge in [0.25, 0.3) is 0 Å². The molecule has 0 aromatic heterocycles. The number of likely N-dealkylation sites (tertiary alicyclic amines) is 1. The molecule has 2 fully saturated rings. The fourth-order valence-corrected chi connectivity index (χ4v) is 2.83.